The van der Waals surface area contributed by atoms with Crippen LogP contribution in [0.15, 0.2) is 46.3 Å². The second-order valence-corrected chi connectivity index (χ2v) is 6.76. The van der Waals surface area contributed by atoms with Crippen molar-refractivity contribution in [3.05, 3.63) is 56.9 Å². The number of hydrogen-bond donors (Lipinski definition) is 1. The van der Waals surface area contributed by atoms with Gasteiger partial charge in [0, 0.05) is 9.75 Å². The molecule has 1 N–H and O–H groups in total. The molecule has 1 aromatic heterocycles. The molecule has 21 heavy (non-hydrogen) atoms. The number of amides is 1. The van der Waals surface area contributed by atoms with Crippen molar-refractivity contribution in [2.24, 2.45) is 4.99 Å². The van der Waals surface area contributed by atoms with Gasteiger partial charge in [-0.2, -0.15) is 0 Å². The summed E-state index contributed by atoms with van der Waals surface area (Å²) in [5.41, 5.74) is 0.604. The van der Waals surface area contributed by atoms with Crippen LogP contribution in [0.5, 0.6) is 0 Å². The summed E-state index contributed by atoms with van der Waals surface area (Å²) in [5, 5.41) is 3.22. The number of nitrogens with zero attached hydrogens (tertiary/aromatic N) is 1. The van der Waals surface area contributed by atoms with E-state index in [0.717, 1.165) is 4.88 Å². The number of benzene rings is 1. The molecule has 1 aliphatic heterocycles. The van der Waals surface area contributed by atoms with Gasteiger partial charge in [0.2, 0.25) is 0 Å². The van der Waals surface area contributed by atoms with Gasteiger partial charge in [-0.1, -0.05) is 0 Å². The van der Waals surface area contributed by atoms with Crippen LogP contribution in [-0.2, 0) is 4.79 Å². The van der Waals surface area contributed by atoms with Crippen molar-refractivity contribution in [1.82, 2.24) is 5.32 Å². The summed E-state index contributed by atoms with van der Waals surface area (Å²) < 4.78 is 12.8. The molecule has 2 heterocycles. The predicted molar refractivity (Wildman–Crippen MR) is 86.3 cm³/mol. The molecule has 1 aromatic carbocycles. The third-order valence-electron chi connectivity index (χ3n) is 2.74. The lowest BCUT2D eigenvalue weighted by molar-refractivity contribution is -0.115. The molecule has 1 fully saturated rings. The highest BCUT2D eigenvalue weighted by atomic mass is 32.2. The van der Waals surface area contributed by atoms with Crippen LogP contribution in [0, 0.1) is 12.7 Å². The standard InChI is InChI=1S/C15H11FN2OS2/c1-9-2-7-12(20-9)8-13-14(19)18-15(21-13)17-11-5-3-10(16)4-6-11/h2-8H,1H3,(H,17,18,19)/b13-8+. The summed E-state index contributed by atoms with van der Waals surface area (Å²) in [5.74, 6) is -0.470. The van der Waals surface area contributed by atoms with E-state index in [1.807, 2.05) is 25.1 Å². The molecular formula is C15H11FN2OS2. The number of halogens is 1. The zero-order valence-corrected chi connectivity index (χ0v) is 12.7. The molecule has 0 radical (unpaired) electrons. The summed E-state index contributed by atoms with van der Waals surface area (Å²) in [6.07, 6.45) is 1.85. The molecule has 0 atom stereocenters. The fourth-order valence-electron chi connectivity index (χ4n) is 1.77. The topological polar surface area (TPSA) is 41.5 Å². The van der Waals surface area contributed by atoms with E-state index in [4.69, 9.17) is 0 Å². The molecule has 6 heteroatoms. The molecule has 0 spiro atoms. The Hall–Kier alpha value is -1.92. The summed E-state index contributed by atoms with van der Waals surface area (Å²) in [7, 11) is 0. The zero-order valence-electron chi connectivity index (χ0n) is 11.1. The van der Waals surface area contributed by atoms with E-state index in [1.165, 1.54) is 28.8 Å². The number of amidine groups is 1. The van der Waals surface area contributed by atoms with Crippen LogP contribution in [0.4, 0.5) is 10.1 Å². The van der Waals surface area contributed by atoms with Crippen LogP contribution < -0.4 is 5.32 Å². The Bertz CT molecular complexity index is 747. The highest BCUT2D eigenvalue weighted by molar-refractivity contribution is 8.18. The Kier molecular flexibility index (Phi) is 3.90. The highest BCUT2D eigenvalue weighted by Gasteiger charge is 2.23. The van der Waals surface area contributed by atoms with E-state index in [9.17, 15) is 9.18 Å². The molecule has 0 aliphatic carbocycles. The van der Waals surface area contributed by atoms with Crippen LogP contribution in [-0.4, -0.2) is 11.1 Å². The minimum Gasteiger partial charge on any atom is -0.300 e. The van der Waals surface area contributed by atoms with Gasteiger partial charge in [0.1, 0.15) is 5.82 Å². The second-order valence-electron chi connectivity index (χ2n) is 4.41. The van der Waals surface area contributed by atoms with Gasteiger partial charge in [0.05, 0.1) is 10.6 Å². The Morgan fingerprint density at radius 3 is 2.62 bits per heavy atom. The SMILES string of the molecule is Cc1ccc(/C=C2/SC(=Nc3ccc(F)cc3)NC2=O)s1. The van der Waals surface area contributed by atoms with E-state index in [0.29, 0.717) is 15.8 Å². The Labute approximate surface area is 129 Å². The maximum absolute atomic E-state index is 12.8. The molecule has 0 saturated carbocycles. The average molecular weight is 318 g/mol. The first-order valence-corrected chi connectivity index (χ1v) is 7.85. The minimum atomic E-state index is -0.310. The third kappa shape index (κ3) is 3.40. The first-order chi connectivity index (χ1) is 10.1. The first-order valence-electron chi connectivity index (χ1n) is 6.22. The Balaban J connectivity index is 1.81. The number of aryl methyl sites for hydroxylation is 1. The molecule has 3 rings (SSSR count). The van der Waals surface area contributed by atoms with Gasteiger partial charge < -0.3 is 5.32 Å². The van der Waals surface area contributed by atoms with E-state index in [1.54, 1.807) is 23.5 Å². The van der Waals surface area contributed by atoms with Gasteiger partial charge in [-0.15, -0.1) is 11.3 Å². The molecule has 2 aromatic rings. The van der Waals surface area contributed by atoms with Crippen LogP contribution in [0.3, 0.4) is 0 Å². The molecule has 1 saturated heterocycles. The van der Waals surface area contributed by atoms with Gasteiger partial charge in [0.15, 0.2) is 5.17 Å². The van der Waals surface area contributed by atoms with Crippen molar-refractivity contribution >= 4 is 45.9 Å². The monoisotopic (exact) mass is 318 g/mol. The summed E-state index contributed by atoms with van der Waals surface area (Å²) in [6, 6.07) is 9.81. The maximum Gasteiger partial charge on any atom is 0.264 e. The van der Waals surface area contributed by atoms with Crippen molar-refractivity contribution in [2.75, 3.05) is 0 Å². The third-order valence-corrected chi connectivity index (χ3v) is 4.60. The number of thioether (sulfide) groups is 1. The number of carbonyl (C=O) groups excluding carboxylic acids is 1. The van der Waals surface area contributed by atoms with Crippen LogP contribution >= 0.6 is 23.1 Å². The van der Waals surface area contributed by atoms with Crippen molar-refractivity contribution in [3.8, 4) is 0 Å². The normalized spacial score (nSPS) is 18.5. The van der Waals surface area contributed by atoms with Gasteiger partial charge in [0.25, 0.3) is 5.91 Å². The van der Waals surface area contributed by atoms with Crippen molar-refractivity contribution < 1.29 is 9.18 Å². The molecular weight excluding hydrogens is 307 g/mol. The molecule has 1 amide bonds. The number of nitrogens with one attached hydrogen (secondary N) is 1. The van der Waals surface area contributed by atoms with Gasteiger partial charge >= 0.3 is 0 Å². The predicted octanol–water partition coefficient (Wildman–Crippen LogP) is 4.09. The molecule has 0 unspecified atom stereocenters. The molecule has 0 bridgehead atoms. The van der Waals surface area contributed by atoms with E-state index < -0.39 is 0 Å². The van der Waals surface area contributed by atoms with Gasteiger partial charge in [-0.25, -0.2) is 9.38 Å². The Morgan fingerprint density at radius 1 is 1.19 bits per heavy atom. The quantitative estimate of drug-likeness (QED) is 0.848. The van der Waals surface area contributed by atoms with E-state index >= 15 is 0 Å². The largest absolute Gasteiger partial charge is 0.300 e. The average Bonchev–Trinajstić information content (AvgIpc) is 3.00. The molecule has 3 nitrogen and oxygen atoms in total. The van der Waals surface area contributed by atoms with E-state index in [2.05, 4.69) is 10.3 Å². The number of hydrogen-bond acceptors (Lipinski definition) is 4. The fraction of sp³-hybridized carbons (Fsp3) is 0.0667. The number of rotatable bonds is 2. The van der Waals surface area contributed by atoms with Crippen LogP contribution in [0.25, 0.3) is 6.08 Å². The Morgan fingerprint density at radius 2 is 1.95 bits per heavy atom. The summed E-state index contributed by atoms with van der Waals surface area (Å²) in [6.45, 7) is 2.02. The van der Waals surface area contributed by atoms with Crippen molar-refractivity contribution in [3.63, 3.8) is 0 Å². The number of carbonyl (C=O) groups is 1. The maximum atomic E-state index is 12.8. The minimum absolute atomic E-state index is 0.160. The van der Waals surface area contributed by atoms with Gasteiger partial charge in [-0.3, -0.25) is 4.79 Å². The van der Waals surface area contributed by atoms with Crippen molar-refractivity contribution in [2.45, 2.75) is 6.92 Å². The smallest absolute Gasteiger partial charge is 0.264 e. The summed E-state index contributed by atoms with van der Waals surface area (Å²) >= 11 is 2.92. The lowest BCUT2D eigenvalue weighted by Gasteiger charge is -1.95. The lowest BCUT2D eigenvalue weighted by atomic mass is 10.3. The number of aliphatic imine (C=N–C) groups is 1. The second kappa shape index (κ2) is 5.83. The highest BCUT2D eigenvalue weighted by Crippen LogP contribution is 2.29. The molecule has 106 valence electrons. The lowest BCUT2D eigenvalue weighted by Crippen LogP contribution is -2.19. The first kappa shape index (κ1) is 14.0. The fourth-order valence-corrected chi connectivity index (χ4v) is 3.50. The van der Waals surface area contributed by atoms with Crippen molar-refractivity contribution in [1.29, 1.82) is 0 Å². The number of thiophene rings is 1. The van der Waals surface area contributed by atoms with Crippen LogP contribution in [0.1, 0.15) is 9.75 Å². The zero-order chi connectivity index (χ0) is 14.8. The van der Waals surface area contributed by atoms with Crippen LogP contribution in [0.2, 0.25) is 0 Å². The molecule has 1 aliphatic rings. The van der Waals surface area contributed by atoms with E-state index in [-0.39, 0.29) is 11.7 Å². The summed E-state index contributed by atoms with van der Waals surface area (Å²) in [4.78, 5) is 19.0. The van der Waals surface area contributed by atoms with Gasteiger partial charge in [-0.05, 0) is 61.2 Å².